The molecule has 1 unspecified atom stereocenters. The Morgan fingerprint density at radius 2 is 2.29 bits per heavy atom. The van der Waals surface area contributed by atoms with Crippen LogP contribution in [-0.2, 0) is 14.3 Å². The molecule has 1 atom stereocenters. The summed E-state index contributed by atoms with van der Waals surface area (Å²) in [6.07, 6.45) is 0.0845. The van der Waals surface area contributed by atoms with Crippen molar-refractivity contribution in [2.75, 3.05) is 13.7 Å². The van der Waals surface area contributed by atoms with E-state index in [0.29, 0.717) is 12.3 Å². The molecule has 14 heavy (non-hydrogen) atoms. The summed E-state index contributed by atoms with van der Waals surface area (Å²) in [7, 11) is 1.31. The van der Waals surface area contributed by atoms with Crippen LogP contribution in [0.3, 0.4) is 0 Å². The van der Waals surface area contributed by atoms with Crippen LogP contribution >= 0.6 is 0 Å². The summed E-state index contributed by atoms with van der Waals surface area (Å²) in [6.45, 7) is 4.13. The van der Waals surface area contributed by atoms with E-state index >= 15 is 0 Å². The van der Waals surface area contributed by atoms with Gasteiger partial charge in [0, 0.05) is 12.3 Å². The molecule has 5 heteroatoms. The zero-order valence-corrected chi connectivity index (χ0v) is 8.61. The fourth-order valence-corrected chi connectivity index (χ4v) is 1.38. The van der Waals surface area contributed by atoms with E-state index in [1.165, 1.54) is 12.1 Å². The maximum atomic E-state index is 11.6. The highest BCUT2D eigenvalue weighted by Crippen LogP contribution is 2.18. The van der Waals surface area contributed by atoms with Gasteiger partial charge in [0.25, 0.3) is 5.91 Å². The Hall–Kier alpha value is -1.39. The molecule has 0 aromatic carbocycles. The number of hydrazone groups is 1. The van der Waals surface area contributed by atoms with Gasteiger partial charge in [0.1, 0.15) is 0 Å². The van der Waals surface area contributed by atoms with E-state index in [2.05, 4.69) is 9.84 Å². The number of hydrogen-bond donors (Lipinski definition) is 0. The molecule has 0 aromatic heterocycles. The van der Waals surface area contributed by atoms with Gasteiger partial charge in [-0.3, -0.25) is 9.59 Å². The van der Waals surface area contributed by atoms with Crippen molar-refractivity contribution >= 4 is 17.6 Å². The van der Waals surface area contributed by atoms with Crippen molar-refractivity contribution in [3.63, 3.8) is 0 Å². The third-order valence-electron chi connectivity index (χ3n) is 2.23. The molecule has 5 nitrogen and oxygen atoms in total. The minimum Gasteiger partial charge on any atom is -0.469 e. The first-order chi connectivity index (χ1) is 6.60. The van der Waals surface area contributed by atoms with E-state index in [4.69, 9.17) is 0 Å². The van der Waals surface area contributed by atoms with Crippen molar-refractivity contribution in [3.8, 4) is 0 Å². The topological polar surface area (TPSA) is 59.0 Å². The number of carbonyl (C=O) groups is 2. The average molecular weight is 198 g/mol. The number of rotatable bonds is 3. The Morgan fingerprint density at radius 1 is 1.64 bits per heavy atom. The summed E-state index contributed by atoms with van der Waals surface area (Å²) in [5.74, 6) is -0.923. The van der Waals surface area contributed by atoms with Crippen molar-refractivity contribution in [2.24, 2.45) is 11.0 Å². The van der Waals surface area contributed by atoms with Gasteiger partial charge in [-0.2, -0.15) is 5.10 Å². The average Bonchev–Trinajstić information content (AvgIpc) is 2.44. The third kappa shape index (κ3) is 1.92. The summed E-state index contributed by atoms with van der Waals surface area (Å²) >= 11 is 0. The monoisotopic (exact) mass is 198 g/mol. The molecule has 1 amide bonds. The molecule has 0 saturated heterocycles. The van der Waals surface area contributed by atoms with Crippen LogP contribution in [0.1, 0.15) is 20.3 Å². The highest BCUT2D eigenvalue weighted by atomic mass is 16.5. The van der Waals surface area contributed by atoms with Crippen LogP contribution in [0.2, 0.25) is 0 Å². The molecule has 1 aliphatic heterocycles. The fraction of sp³-hybridized carbons (Fsp3) is 0.667. The van der Waals surface area contributed by atoms with E-state index in [1.807, 2.05) is 6.92 Å². The van der Waals surface area contributed by atoms with Crippen LogP contribution < -0.4 is 0 Å². The Labute approximate surface area is 82.7 Å². The van der Waals surface area contributed by atoms with Crippen LogP contribution in [0.5, 0.6) is 0 Å². The minimum absolute atomic E-state index is 0.0845. The Morgan fingerprint density at radius 3 is 2.71 bits per heavy atom. The van der Waals surface area contributed by atoms with Gasteiger partial charge in [-0.15, -0.1) is 0 Å². The largest absolute Gasteiger partial charge is 0.469 e. The lowest BCUT2D eigenvalue weighted by Gasteiger charge is -2.10. The van der Waals surface area contributed by atoms with Gasteiger partial charge in [0.15, 0.2) is 0 Å². The molecule has 0 spiro atoms. The van der Waals surface area contributed by atoms with Crippen LogP contribution in [0.25, 0.3) is 0 Å². The van der Waals surface area contributed by atoms with Crippen molar-refractivity contribution in [1.29, 1.82) is 0 Å². The van der Waals surface area contributed by atoms with Gasteiger partial charge in [0.2, 0.25) is 0 Å². The van der Waals surface area contributed by atoms with Crippen molar-refractivity contribution in [3.05, 3.63) is 0 Å². The number of carbonyl (C=O) groups excluding carboxylic acids is 2. The molecule has 1 heterocycles. The van der Waals surface area contributed by atoms with Gasteiger partial charge >= 0.3 is 5.97 Å². The second-order valence-corrected chi connectivity index (χ2v) is 3.13. The zero-order valence-electron chi connectivity index (χ0n) is 8.61. The zero-order chi connectivity index (χ0) is 10.7. The van der Waals surface area contributed by atoms with Crippen molar-refractivity contribution < 1.29 is 14.3 Å². The number of ether oxygens (including phenoxy) is 1. The molecule has 0 saturated carbocycles. The first-order valence-electron chi connectivity index (χ1n) is 4.53. The molecule has 0 aliphatic carbocycles. The van der Waals surface area contributed by atoms with Crippen LogP contribution in [0.15, 0.2) is 5.10 Å². The van der Waals surface area contributed by atoms with E-state index in [1.54, 1.807) is 6.92 Å². The second kappa shape index (κ2) is 4.21. The first-order valence-corrected chi connectivity index (χ1v) is 4.53. The maximum Gasteiger partial charge on any atom is 0.306 e. The number of amides is 1. The van der Waals surface area contributed by atoms with E-state index in [-0.39, 0.29) is 18.3 Å². The molecular weight excluding hydrogens is 184 g/mol. The summed E-state index contributed by atoms with van der Waals surface area (Å²) < 4.78 is 4.51. The van der Waals surface area contributed by atoms with E-state index < -0.39 is 5.92 Å². The van der Waals surface area contributed by atoms with Crippen LogP contribution in [-0.4, -0.2) is 36.3 Å². The minimum atomic E-state index is -0.428. The quantitative estimate of drug-likeness (QED) is 0.617. The number of hydrogen-bond acceptors (Lipinski definition) is 4. The van der Waals surface area contributed by atoms with E-state index in [9.17, 15) is 9.59 Å². The first kappa shape index (κ1) is 10.7. The lowest BCUT2D eigenvalue weighted by Crippen LogP contribution is -2.28. The smallest absolute Gasteiger partial charge is 0.306 e. The molecule has 78 valence electrons. The standard InChI is InChI=1S/C9H14N2O3/c1-4-11-9(13)7(6(2)10-11)5-8(12)14-3/h7H,4-5H2,1-3H3. The predicted octanol–water partition coefficient (Wildman–Crippen LogP) is 0.404. The van der Waals surface area contributed by atoms with Gasteiger partial charge < -0.3 is 4.74 Å². The molecular formula is C9H14N2O3. The Balaban J connectivity index is 2.68. The van der Waals surface area contributed by atoms with Gasteiger partial charge in [0.05, 0.1) is 19.4 Å². The number of methoxy groups -OCH3 is 1. The van der Waals surface area contributed by atoms with Crippen molar-refractivity contribution in [1.82, 2.24) is 5.01 Å². The normalized spacial score (nSPS) is 21.1. The molecule has 0 aromatic rings. The fourth-order valence-electron chi connectivity index (χ4n) is 1.38. The van der Waals surface area contributed by atoms with Crippen molar-refractivity contribution in [2.45, 2.75) is 20.3 Å². The third-order valence-corrected chi connectivity index (χ3v) is 2.23. The van der Waals surface area contributed by atoms with Crippen LogP contribution in [0, 0.1) is 5.92 Å². The lowest BCUT2D eigenvalue weighted by atomic mass is 10.0. The molecule has 0 bridgehead atoms. The molecule has 1 aliphatic rings. The molecule has 1 rings (SSSR count). The van der Waals surface area contributed by atoms with Crippen LogP contribution in [0.4, 0.5) is 0 Å². The predicted molar refractivity (Wildman–Crippen MR) is 50.6 cm³/mol. The van der Waals surface area contributed by atoms with Gasteiger partial charge in [-0.25, -0.2) is 5.01 Å². The summed E-state index contributed by atoms with van der Waals surface area (Å²) in [6, 6.07) is 0. The number of nitrogens with zero attached hydrogens (tertiary/aromatic N) is 2. The molecule has 0 N–H and O–H groups in total. The summed E-state index contributed by atoms with van der Waals surface area (Å²) in [5, 5.41) is 5.43. The molecule has 0 fully saturated rings. The Bertz CT molecular complexity index is 286. The lowest BCUT2D eigenvalue weighted by molar-refractivity contribution is -0.144. The second-order valence-electron chi connectivity index (χ2n) is 3.13. The SMILES string of the molecule is CCN1N=C(C)C(CC(=O)OC)C1=O. The Kier molecular flexibility index (Phi) is 3.22. The molecule has 0 radical (unpaired) electrons. The van der Waals surface area contributed by atoms with Gasteiger partial charge in [-0.1, -0.05) is 0 Å². The highest BCUT2D eigenvalue weighted by Gasteiger charge is 2.34. The maximum absolute atomic E-state index is 11.6. The number of esters is 1. The summed E-state index contributed by atoms with van der Waals surface area (Å²) in [4.78, 5) is 22.6. The van der Waals surface area contributed by atoms with E-state index in [0.717, 1.165) is 0 Å². The van der Waals surface area contributed by atoms with Gasteiger partial charge in [-0.05, 0) is 13.8 Å². The highest BCUT2D eigenvalue weighted by molar-refractivity contribution is 6.08. The summed E-state index contributed by atoms with van der Waals surface area (Å²) in [5.41, 5.74) is 0.683.